The minimum Gasteiger partial charge on any atom is -0.352 e. The van der Waals surface area contributed by atoms with E-state index in [0.717, 1.165) is 24.0 Å². The van der Waals surface area contributed by atoms with Gasteiger partial charge in [0.1, 0.15) is 0 Å². The first-order valence-corrected chi connectivity index (χ1v) is 11.2. The number of amides is 2. The van der Waals surface area contributed by atoms with E-state index in [-0.39, 0.29) is 23.4 Å². The number of rotatable bonds is 7. The summed E-state index contributed by atoms with van der Waals surface area (Å²) >= 11 is 0. The number of sulfonamides is 1. The van der Waals surface area contributed by atoms with E-state index in [0.29, 0.717) is 11.8 Å². The summed E-state index contributed by atoms with van der Waals surface area (Å²) in [7, 11) is -3.78. The minimum atomic E-state index is -3.78. The molecule has 3 atom stereocenters. The van der Waals surface area contributed by atoms with Crippen molar-refractivity contribution in [2.45, 2.75) is 57.9 Å². The van der Waals surface area contributed by atoms with Crippen LogP contribution in [0.25, 0.3) is 0 Å². The van der Waals surface area contributed by atoms with Gasteiger partial charge in [-0.05, 0) is 55.4 Å². The van der Waals surface area contributed by atoms with Crippen molar-refractivity contribution in [2.24, 2.45) is 11.8 Å². The second-order valence-corrected chi connectivity index (χ2v) is 9.56. The Balaban J connectivity index is 1.79. The van der Waals surface area contributed by atoms with Crippen molar-refractivity contribution in [1.29, 1.82) is 0 Å². The maximum atomic E-state index is 12.3. The summed E-state index contributed by atoms with van der Waals surface area (Å²) in [5.41, 5.74) is 1.85. The lowest BCUT2D eigenvalue weighted by molar-refractivity contribution is -0.126. The maximum Gasteiger partial charge on any atom is 0.241 e. The van der Waals surface area contributed by atoms with Crippen molar-refractivity contribution in [1.82, 2.24) is 15.4 Å². The van der Waals surface area contributed by atoms with E-state index in [2.05, 4.69) is 29.2 Å². The lowest BCUT2D eigenvalue weighted by atomic mass is 9.78. The molecule has 1 aliphatic carbocycles. The van der Waals surface area contributed by atoms with Gasteiger partial charge >= 0.3 is 0 Å². The Kier molecular flexibility index (Phi) is 7.60. The Bertz CT molecular complexity index is 823. The van der Waals surface area contributed by atoms with E-state index < -0.39 is 22.5 Å². The number of hydrogen-bond acceptors (Lipinski definition) is 4. The smallest absolute Gasteiger partial charge is 0.241 e. The third kappa shape index (κ3) is 6.04. The van der Waals surface area contributed by atoms with E-state index in [1.807, 2.05) is 13.8 Å². The summed E-state index contributed by atoms with van der Waals surface area (Å²) < 4.78 is 26.9. The average Bonchev–Trinajstić information content (AvgIpc) is 2.64. The zero-order valence-corrected chi connectivity index (χ0v) is 17.9. The SMILES string of the molecule is Cc1ccc(S(=O)(=O)NCC(=O)NCC(=O)N[C@H]2CCC[C@H](C)[C@@H]2C)cc1C. The first-order chi connectivity index (χ1) is 13.1. The van der Waals surface area contributed by atoms with Gasteiger partial charge in [-0.2, -0.15) is 0 Å². The molecule has 3 N–H and O–H groups in total. The summed E-state index contributed by atoms with van der Waals surface area (Å²) in [6.07, 6.45) is 3.20. The Morgan fingerprint density at radius 2 is 1.75 bits per heavy atom. The zero-order valence-electron chi connectivity index (χ0n) is 17.0. The molecule has 0 saturated heterocycles. The zero-order chi connectivity index (χ0) is 20.9. The topological polar surface area (TPSA) is 104 Å². The van der Waals surface area contributed by atoms with Gasteiger partial charge in [-0.25, -0.2) is 13.1 Å². The third-order valence-corrected chi connectivity index (χ3v) is 7.11. The molecule has 28 heavy (non-hydrogen) atoms. The first kappa shape index (κ1) is 22.4. The Morgan fingerprint density at radius 3 is 2.43 bits per heavy atom. The second kappa shape index (κ2) is 9.52. The molecule has 1 aromatic carbocycles. The van der Waals surface area contributed by atoms with Crippen LogP contribution in [0.1, 0.15) is 44.2 Å². The van der Waals surface area contributed by atoms with Crippen LogP contribution >= 0.6 is 0 Å². The van der Waals surface area contributed by atoms with Crippen LogP contribution in [0, 0.1) is 25.7 Å². The molecule has 2 rings (SSSR count). The van der Waals surface area contributed by atoms with E-state index in [9.17, 15) is 18.0 Å². The second-order valence-electron chi connectivity index (χ2n) is 7.79. The molecule has 2 amide bonds. The van der Waals surface area contributed by atoms with Crippen LogP contribution in [-0.2, 0) is 19.6 Å². The highest BCUT2D eigenvalue weighted by molar-refractivity contribution is 7.89. The summed E-state index contributed by atoms with van der Waals surface area (Å²) in [6.45, 7) is 7.46. The number of aryl methyl sites for hydroxylation is 2. The van der Waals surface area contributed by atoms with Gasteiger partial charge in [0.25, 0.3) is 0 Å². The molecule has 0 unspecified atom stereocenters. The van der Waals surface area contributed by atoms with Crippen LogP contribution in [0.3, 0.4) is 0 Å². The van der Waals surface area contributed by atoms with Gasteiger partial charge in [0.2, 0.25) is 21.8 Å². The molecule has 0 heterocycles. The van der Waals surface area contributed by atoms with E-state index in [1.54, 1.807) is 12.1 Å². The normalized spacial score (nSPS) is 22.5. The summed E-state index contributed by atoms with van der Waals surface area (Å²) in [5, 5.41) is 5.44. The van der Waals surface area contributed by atoms with Gasteiger partial charge in [0.15, 0.2) is 0 Å². The number of carbonyl (C=O) groups excluding carboxylic acids is 2. The van der Waals surface area contributed by atoms with Crippen LogP contribution in [0.15, 0.2) is 23.1 Å². The predicted octanol–water partition coefficient (Wildman–Crippen LogP) is 1.64. The Morgan fingerprint density at radius 1 is 1.04 bits per heavy atom. The van der Waals surface area contributed by atoms with Crippen LogP contribution in [0.5, 0.6) is 0 Å². The molecule has 156 valence electrons. The number of carbonyl (C=O) groups is 2. The van der Waals surface area contributed by atoms with Gasteiger partial charge < -0.3 is 10.6 Å². The molecule has 1 aliphatic rings. The summed E-state index contributed by atoms with van der Waals surface area (Å²) in [5.74, 6) is 0.163. The molecular formula is C20H31N3O4S. The van der Waals surface area contributed by atoms with Crippen molar-refractivity contribution >= 4 is 21.8 Å². The van der Waals surface area contributed by atoms with Crippen LogP contribution in [0.4, 0.5) is 0 Å². The number of benzene rings is 1. The molecule has 0 aromatic heterocycles. The van der Waals surface area contributed by atoms with Gasteiger partial charge in [0, 0.05) is 6.04 Å². The van der Waals surface area contributed by atoms with Gasteiger partial charge in [-0.1, -0.05) is 32.8 Å². The monoisotopic (exact) mass is 409 g/mol. The lowest BCUT2D eigenvalue weighted by Gasteiger charge is -2.34. The fourth-order valence-corrected chi connectivity index (χ4v) is 4.48. The molecule has 1 saturated carbocycles. The average molecular weight is 410 g/mol. The molecule has 0 spiro atoms. The van der Waals surface area contributed by atoms with Crippen molar-refractivity contribution in [2.75, 3.05) is 13.1 Å². The van der Waals surface area contributed by atoms with Crippen LogP contribution in [0.2, 0.25) is 0 Å². The van der Waals surface area contributed by atoms with E-state index in [4.69, 9.17) is 0 Å². The molecule has 1 fully saturated rings. The molecule has 1 aromatic rings. The Labute approximate surface area is 167 Å². The molecule has 0 radical (unpaired) electrons. The van der Waals surface area contributed by atoms with Crippen molar-refractivity contribution in [3.05, 3.63) is 29.3 Å². The Hall–Kier alpha value is -1.93. The number of hydrogen-bond donors (Lipinski definition) is 3. The quantitative estimate of drug-likeness (QED) is 0.637. The van der Waals surface area contributed by atoms with E-state index >= 15 is 0 Å². The summed E-state index contributed by atoms with van der Waals surface area (Å²) in [6, 6.07) is 4.91. The fraction of sp³-hybridized carbons (Fsp3) is 0.600. The van der Waals surface area contributed by atoms with Crippen molar-refractivity contribution in [3.8, 4) is 0 Å². The van der Waals surface area contributed by atoms with Crippen molar-refractivity contribution < 1.29 is 18.0 Å². The fourth-order valence-electron chi connectivity index (χ4n) is 3.41. The van der Waals surface area contributed by atoms with Gasteiger partial charge in [-0.3, -0.25) is 9.59 Å². The maximum absolute atomic E-state index is 12.3. The van der Waals surface area contributed by atoms with Crippen LogP contribution < -0.4 is 15.4 Å². The largest absolute Gasteiger partial charge is 0.352 e. The standard InChI is InChI=1S/C20H31N3O4S/c1-13-8-9-17(10-15(13)3)28(26,27)22-12-19(24)21-11-20(25)23-18-7-5-6-14(2)16(18)4/h8-10,14,16,18,22H,5-7,11-12H2,1-4H3,(H,21,24)(H,23,25)/t14-,16-,18-/m0/s1. The molecule has 8 heteroatoms. The van der Waals surface area contributed by atoms with E-state index in [1.165, 1.54) is 12.5 Å². The van der Waals surface area contributed by atoms with Gasteiger partial charge in [-0.15, -0.1) is 0 Å². The highest BCUT2D eigenvalue weighted by Crippen LogP contribution is 2.29. The minimum absolute atomic E-state index is 0.113. The summed E-state index contributed by atoms with van der Waals surface area (Å²) in [4.78, 5) is 24.1. The first-order valence-electron chi connectivity index (χ1n) is 9.73. The number of nitrogens with one attached hydrogen (secondary N) is 3. The molecule has 7 nitrogen and oxygen atoms in total. The van der Waals surface area contributed by atoms with Gasteiger partial charge in [0.05, 0.1) is 18.0 Å². The van der Waals surface area contributed by atoms with Crippen molar-refractivity contribution in [3.63, 3.8) is 0 Å². The molecule has 0 bridgehead atoms. The predicted molar refractivity (Wildman–Crippen MR) is 108 cm³/mol. The highest BCUT2D eigenvalue weighted by atomic mass is 32.2. The molecule has 0 aliphatic heterocycles. The highest BCUT2D eigenvalue weighted by Gasteiger charge is 2.28. The third-order valence-electron chi connectivity index (χ3n) is 5.71. The lowest BCUT2D eigenvalue weighted by Crippen LogP contribution is -2.48. The molecular weight excluding hydrogens is 378 g/mol. The van der Waals surface area contributed by atoms with Crippen LogP contribution in [-0.4, -0.2) is 39.4 Å².